The summed E-state index contributed by atoms with van der Waals surface area (Å²) in [7, 11) is 5.31. The molecule has 0 aliphatic carbocycles. The van der Waals surface area contributed by atoms with Crippen LogP contribution in [0.4, 0.5) is 0 Å². The van der Waals surface area contributed by atoms with Crippen LogP contribution in [0.3, 0.4) is 0 Å². The third-order valence-corrected chi connectivity index (χ3v) is 2.98. The van der Waals surface area contributed by atoms with E-state index in [2.05, 4.69) is 10.3 Å². The Balaban J connectivity index is 2.32. The highest BCUT2D eigenvalue weighted by molar-refractivity contribution is 5.86. The zero-order chi connectivity index (χ0) is 16.1. The number of methoxy groups -OCH3 is 1. The van der Waals surface area contributed by atoms with E-state index in [1.54, 1.807) is 31.4 Å². The second-order valence-electron chi connectivity index (χ2n) is 4.85. The van der Waals surface area contributed by atoms with Gasteiger partial charge in [-0.25, -0.2) is 4.79 Å². The fraction of sp³-hybridized carbons (Fsp3) is 0.357. The van der Waals surface area contributed by atoms with Crippen LogP contribution in [0.2, 0.25) is 0 Å². The highest BCUT2D eigenvalue weighted by Crippen LogP contribution is 2.10. The quantitative estimate of drug-likeness (QED) is 0.416. The Morgan fingerprint density at radius 1 is 1.41 bits per heavy atom. The number of H-pyrrole nitrogens is 1. The van der Waals surface area contributed by atoms with Crippen LogP contribution in [-0.4, -0.2) is 50.4 Å². The summed E-state index contributed by atoms with van der Waals surface area (Å²) in [4.78, 5) is 17.5. The van der Waals surface area contributed by atoms with Crippen LogP contribution in [0, 0.1) is 0 Å². The Morgan fingerprint density at radius 3 is 2.68 bits per heavy atom. The van der Waals surface area contributed by atoms with Crippen LogP contribution in [0.5, 0.6) is 5.75 Å². The average Bonchev–Trinajstić information content (AvgIpc) is 2.88. The fourth-order valence-electron chi connectivity index (χ4n) is 1.79. The van der Waals surface area contributed by atoms with E-state index >= 15 is 0 Å². The molecule has 0 saturated heterocycles. The number of rotatable bonds is 6. The van der Waals surface area contributed by atoms with Gasteiger partial charge in [-0.2, -0.15) is 0 Å². The van der Waals surface area contributed by atoms with E-state index in [4.69, 9.17) is 9.26 Å². The lowest BCUT2D eigenvalue weighted by Gasteiger charge is -2.08. The van der Waals surface area contributed by atoms with Crippen molar-refractivity contribution in [1.82, 2.24) is 10.2 Å². The minimum atomic E-state index is -0.755. The maximum Gasteiger partial charge on any atom is 0.436 e. The van der Waals surface area contributed by atoms with Crippen LogP contribution in [0.25, 0.3) is 5.69 Å². The Hall–Kier alpha value is -2.61. The monoisotopic (exact) mass is 306 g/mol. The fourth-order valence-corrected chi connectivity index (χ4v) is 1.79. The predicted molar refractivity (Wildman–Crippen MR) is 77.4 cm³/mol. The molecule has 0 saturated carbocycles. The zero-order valence-corrected chi connectivity index (χ0v) is 12.7. The highest BCUT2D eigenvalue weighted by atomic mass is 16.5. The molecule has 2 aromatic rings. The summed E-state index contributed by atoms with van der Waals surface area (Å²) in [6, 6.07) is 6.82. The molecule has 0 spiro atoms. The second kappa shape index (κ2) is 6.90. The van der Waals surface area contributed by atoms with Crippen LogP contribution < -0.4 is 20.2 Å². The number of hydrogen-bond acceptors (Lipinski definition) is 6. The van der Waals surface area contributed by atoms with Gasteiger partial charge in [0.1, 0.15) is 5.75 Å². The van der Waals surface area contributed by atoms with Gasteiger partial charge in [0.2, 0.25) is 5.69 Å². The first-order valence-electron chi connectivity index (χ1n) is 6.67. The number of hydrogen-bond donors (Lipinski definition) is 1. The van der Waals surface area contributed by atoms with Gasteiger partial charge in [-0.15, -0.1) is 0 Å². The molecule has 118 valence electrons. The SMILES string of the molecule is COc1ccc(-[n+]2[nH]oc(=O)c2C([O-])=NCCN(C)C)cc1. The van der Waals surface area contributed by atoms with E-state index < -0.39 is 11.5 Å². The van der Waals surface area contributed by atoms with E-state index in [-0.39, 0.29) is 5.69 Å². The average molecular weight is 306 g/mol. The van der Waals surface area contributed by atoms with Crippen LogP contribution in [0.15, 0.2) is 38.6 Å². The molecule has 0 atom stereocenters. The van der Waals surface area contributed by atoms with E-state index in [1.165, 1.54) is 4.68 Å². The molecule has 1 aromatic heterocycles. The first-order valence-corrected chi connectivity index (χ1v) is 6.67. The third-order valence-electron chi connectivity index (χ3n) is 2.98. The highest BCUT2D eigenvalue weighted by Gasteiger charge is 2.23. The number of aliphatic imine (C=N–C) groups is 1. The van der Waals surface area contributed by atoms with Crippen molar-refractivity contribution in [3.8, 4) is 11.4 Å². The molecule has 2 rings (SSSR count). The Kier molecular flexibility index (Phi) is 4.95. The molecule has 0 fully saturated rings. The molecule has 0 amide bonds. The second-order valence-corrected chi connectivity index (χ2v) is 4.85. The number of nitrogens with zero attached hydrogens (tertiary/aromatic N) is 3. The Labute approximate surface area is 127 Å². The molecule has 0 aliphatic heterocycles. The lowest BCUT2D eigenvalue weighted by Crippen LogP contribution is -2.45. The smallest absolute Gasteiger partial charge is 0.436 e. The van der Waals surface area contributed by atoms with Crippen molar-refractivity contribution in [3.63, 3.8) is 0 Å². The normalized spacial score (nSPS) is 11.9. The standard InChI is InChI=1S/C14H18N4O4/c1-17(2)9-8-15-13(19)12-14(20)22-16-18(12)10-4-6-11(21-3)7-5-10/h4-7H,8-9H2,1-3H3,(H-,15,16,19,20). The molecule has 1 N–H and O–H groups in total. The predicted octanol–water partition coefficient (Wildman–Crippen LogP) is -1.08. The third kappa shape index (κ3) is 3.53. The number of likely N-dealkylation sites (N-methyl/N-ethyl adjacent to an activating group) is 1. The van der Waals surface area contributed by atoms with Gasteiger partial charge < -0.3 is 14.7 Å². The van der Waals surface area contributed by atoms with Crippen molar-refractivity contribution < 1.29 is 19.0 Å². The molecule has 8 nitrogen and oxygen atoms in total. The number of nitrogens with one attached hydrogen (secondary N) is 1. The van der Waals surface area contributed by atoms with Crippen LogP contribution in [0.1, 0.15) is 5.69 Å². The van der Waals surface area contributed by atoms with Gasteiger partial charge in [0.05, 0.1) is 19.6 Å². The van der Waals surface area contributed by atoms with Gasteiger partial charge in [-0.1, -0.05) is 0 Å². The lowest BCUT2D eigenvalue weighted by atomic mass is 10.3. The van der Waals surface area contributed by atoms with Gasteiger partial charge in [-0.3, -0.25) is 9.52 Å². The Morgan fingerprint density at radius 2 is 2.09 bits per heavy atom. The van der Waals surface area contributed by atoms with E-state index in [0.29, 0.717) is 24.5 Å². The number of benzene rings is 1. The molecule has 0 bridgehead atoms. The minimum Gasteiger partial charge on any atom is -0.854 e. The van der Waals surface area contributed by atoms with Crippen molar-refractivity contribution in [2.45, 2.75) is 0 Å². The first-order chi connectivity index (χ1) is 10.5. The van der Waals surface area contributed by atoms with Crippen molar-refractivity contribution >= 4 is 5.90 Å². The molecule has 1 aromatic carbocycles. The Bertz CT molecular complexity index is 700. The topological polar surface area (TPSA) is 97.8 Å². The molecule has 8 heteroatoms. The molecule has 0 unspecified atom stereocenters. The van der Waals surface area contributed by atoms with Gasteiger partial charge in [-0.05, 0) is 36.2 Å². The lowest BCUT2D eigenvalue weighted by molar-refractivity contribution is -0.673. The molecule has 22 heavy (non-hydrogen) atoms. The van der Waals surface area contributed by atoms with Crippen molar-refractivity contribution in [2.24, 2.45) is 4.99 Å². The van der Waals surface area contributed by atoms with Crippen molar-refractivity contribution in [1.29, 1.82) is 0 Å². The van der Waals surface area contributed by atoms with E-state index in [1.807, 2.05) is 19.0 Å². The van der Waals surface area contributed by atoms with Gasteiger partial charge in [0.25, 0.3) is 0 Å². The molecular weight excluding hydrogens is 288 g/mol. The summed E-state index contributed by atoms with van der Waals surface area (Å²) in [5, 5.41) is 14.5. The van der Waals surface area contributed by atoms with Gasteiger partial charge >= 0.3 is 11.3 Å². The maximum absolute atomic E-state index is 12.1. The molecule has 0 aliphatic rings. The van der Waals surface area contributed by atoms with Gasteiger partial charge in [0.15, 0.2) is 0 Å². The summed E-state index contributed by atoms with van der Waals surface area (Å²) in [6.45, 7) is 0.920. The van der Waals surface area contributed by atoms with E-state index in [9.17, 15) is 9.90 Å². The van der Waals surface area contributed by atoms with E-state index in [0.717, 1.165) is 0 Å². The van der Waals surface area contributed by atoms with Crippen molar-refractivity contribution in [2.75, 3.05) is 34.3 Å². The maximum atomic E-state index is 12.1. The van der Waals surface area contributed by atoms with Crippen LogP contribution in [-0.2, 0) is 0 Å². The van der Waals surface area contributed by atoms with Crippen molar-refractivity contribution in [3.05, 3.63) is 40.4 Å². The first kappa shape index (κ1) is 15.8. The number of aromatic nitrogens is 2. The van der Waals surface area contributed by atoms with Gasteiger partial charge in [0, 0.05) is 18.7 Å². The largest absolute Gasteiger partial charge is 0.854 e. The summed E-state index contributed by atoms with van der Waals surface area (Å²) >= 11 is 0. The summed E-state index contributed by atoms with van der Waals surface area (Å²) in [5.41, 5.74) is -0.351. The molecular formula is C14H18N4O4. The summed E-state index contributed by atoms with van der Waals surface area (Å²) < 4.78 is 11.1. The number of aromatic amines is 1. The zero-order valence-electron chi connectivity index (χ0n) is 12.7. The van der Waals surface area contributed by atoms with Crippen LogP contribution >= 0.6 is 0 Å². The molecule has 1 heterocycles. The minimum absolute atomic E-state index is 0.163. The summed E-state index contributed by atoms with van der Waals surface area (Å²) in [6.07, 6.45) is 0. The number of ether oxygens (including phenoxy) is 1. The summed E-state index contributed by atoms with van der Waals surface area (Å²) in [5.74, 6) is 0.0476. The molecule has 0 radical (unpaired) electrons.